The zero-order valence-electron chi connectivity index (χ0n) is 14.6. The SMILES string of the molecule is COc1cccc(S(=O)(=O)CCN2C[C@H](C)C[C@H]2c2cccnc2)c1. The third kappa shape index (κ3) is 4.19. The predicted octanol–water partition coefficient (Wildman–Crippen LogP) is 2.95. The van der Waals surface area contributed by atoms with Gasteiger partial charge in [-0.25, -0.2) is 8.42 Å². The number of sulfone groups is 1. The Labute approximate surface area is 149 Å². The number of ether oxygens (including phenoxy) is 1. The van der Waals surface area contributed by atoms with E-state index in [4.69, 9.17) is 4.74 Å². The van der Waals surface area contributed by atoms with Crippen LogP contribution in [0.15, 0.2) is 53.7 Å². The third-order valence-corrected chi connectivity index (χ3v) is 6.42. The van der Waals surface area contributed by atoms with Gasteiger partial charge in [0.1, 0.15) is 5.75 Å². The van der Waals surface area contributed by atoms with Gasteiger partial charge in [0.15, 0.2) is 9.84 Å². The van der Waals surface area contributed by atoms with Crippen LogP contribution in [0.2, 0.25) is 0 Å². The van der Waals surface area contributed by atoms with Crippen LogP contribution in [0.5, 0.6) is 5.75 Å². The summed E-state index contributed by atoms with van der Waals surface area (Å²) >= 11 is 0. The van der Waals surface area contributed by atoms with Gasteiger partial charge in [0, 0.05) is 31.5 Å². The summed E-state index contributed by atoms with van der Waals surface area (Å²) in [4.78, 5) is 6.79. The summed E-state index contributed by atoms with van der Waals surface area (Å²) in [7, 11) is -1.80. The fraction of sp³-hybridized carbons (Fsp3) is 0.421. The first-order valence-corrected chi connectivity index (χ1v) is 10.2. The van der Waals surface area contributed by atoms with E-state index in [1.807, 2.05) is 12.3 Å². The Morgan fingerprint density at radius 1 is 1.28 bits per heavy atom. The lowest BCUT2D eigenvalue weighted by atomic mass is 10.0. The molecule has 0 aliphatic carbocycles. The van der Waals surface area contributed by atoms with Gasteiger partial charge in [-0.2, -0.15) is 0 Å². The molecule has 2 heterocycles. The summed E-state index contributed by atoms with van der Waals surface area (Å²) in [5, 5.41) is 0. The lowest BCUT2D eigenvalue weighted by molar-refractivity contribution is 0.269. The summed E-state index contributed by atoms with van der Waals surface area (Å²) in [5.41, 5.74) is 1.16. The first-order chi connectivity index (χ1) is 12.0. The first kappa shape index (κ1) is 17.9. The van der Waals surface area contributed by atoms with Crippen LogP contribution in [0.3, 0.4) is 0 Å². The number of rotatable bonds is 6. The number of benzene rings is 1. The van der Waals surface area contributed by atoms with Crippen molar-refractivity contribution in [2.75, 3.05) is 26.0 Å². The Morgan fingerprint density at radius 3 is 2.84 bits per heavy atom. The van der Waals surface area contributed by atoms with Crippen molar-refractivity contribution in [2.45, 2.75) is 24.3 Å². The monoisotopic (exact) mass is 360 g/mol. The van der Waals surface area contributed by atoms with Crippen LogP contribution < -0.4 is 4.74 Å². The van der Waals surface area contributed by atoms with Gasteiger partial charge in [0.25, 0.3) is 0 Å². The van der Waals surface area contributed by atoms with Crippen molar-refractivity contribution in [3.8, 4) is 5.75 Å². The van der Waals surface area contributed by atoms with E-state index >= 15 is 0 Å². The van der Waals surface area contributed by atoms with Gasteiger partial charge in [-0.05, 0) is 42.2 Å². The molecule has 0 N–H and O–H groups in total. The molecule has 1 aromatic heterocycles. The molecule has 25 heavy (non-hydrogen) atoms. The summed E-state index contributed by atoms with van der Waals surface area (Å²) < 4.78 is 30.5. The van der Waals surface area contributed by atoms with E-state index in [1.54, 1.807) is 30.5 Å². The van der Waals surface area contributed by atoms with Crippen LogP contribution in [0, 0.1) is 5.92 Å². The van der Waals surface area contributed by atoms with E-state index in [9.17, 15) is 8.42 Å². The highest BCUT2D eigenvalue weighted by atomic mass is 32.2. The number of hydrogen-bond donors (Lipinski definition) is 0. The van der Waals surface area contributed by atoms with E-state index in [0.717, 1.165) is 18.5 Å². The van der Waals surface area contributed by atoms with Crippen molar-refractivity contribution in [3.05, 3.63) is 54.4 Å². The molecule has 1 aliphatic rings. The summed E-state index contributed by atoms with van der Waals surface area (Å²) in [5.74, 6) is 1.21. The molecule has 1 fully saturated rings. The zero-order valence-corrected chi connectivity index (χ0v) is 15.4. The van der Waals surface area contributed by atoms with Crippen LogP contribution >= 0.6 is 0 Å². The molecule has 5 nitrogen and oxygen atoms in total. The Hall–Kier alpha value is -1.92. The molecule has 1 saturated heterocycles. The maximum atomic E-state index is 12.7. The predicted molar refractivity (Wildman–Crippen MR) is 97.4 cm³/mol. The summed E-state index contributed by atoms with van der Waals surface area (Å²) in [6.07, 6.45) is 4.68. The lowest BCUT2D eigenvalue weighted by Crippen LogP contribution is -2.29. The Kier molecular flexibility index (Phi) is 5.39. The van der Waals surface area contributed by atoms with Crippen molar-refractivity contribution >= 4 is 9.84 Å². The fourth-order valence-corrected chi connectivity index (χ4v) is 4.74. The number of likely N-dealkylation sites (tertiary alicyclic amines) is 1. The van der Waals surface area contributed by atoms with Crippen molar-refractivity contribution in [1.29, 1.82) is 0 Å². The summed E-state index contributed by atoms with van der Waals surface area (Å²) in [6.45, 7) is 3.64. The van der Waals surface area contributed by atoms with E-state index in [1.165, 1.54) is 7.11 Å². The van der Waals surface area contributed by atoms with Crippen LogP contribution in [-0.4, -0.2) is 44.3 Å². The average molecular weight is 360 g/mol. The molecular formula is C19H24N2O3S. The second-order valence-corrected chi connectivity index (χ2v) is 8.74. The highest BCUT2D eigenvalue weighted by molar-refractivity contribution is 7.91. The van der Waals surface area contributed by atoms with E-state index in [-0.39, 0.29) is 11.8 Å². The van der Waals surface area contributed by atoms with Crippen LogP contribution in [0.4, 0.5) is 0 Å². The van der Waals surface area contributed by atoms with Gasteiger partial charge in [-0.15, -0.1) is 0 Å². The zero-order chi connectivity index (χ0) is 17.9. The van der Waals surface area contributed by atoms with Gasteiger partial charge in [0.05, 0.1) is 17.8 Å². The number of hydrogen-bond acceptors (Lipinski definition) is 5. The second-order valence-electron chi connectivity index (χ2n) is 6.64. The minimum Gasteiger partial charge on any atom is -0.497 e. The Morgan fingerprint density at radius 2 is 2.12 bits per heavy atom. The largest absolute Gasteiger partial charge is 0.497 e. The molecule has 3 rings (SSSR count). The van der Waals surface area contributed by atoms with E-state index in [2.05, 4.69) is 22.9 Å². The molecule has 0 unspecified atom stereocenters. The lowest BCUT2D eigenvalue weighted by Gasteiger charge is -2.24. The number of pyridine rings is 1. The van der Waals surface area contributed by atoms with Crippen LogP contribution in [0.1, 0.15) is 24.9 Å². The fourth-order valence-electron chi connectivity index (χ4n) is 3.45. The van der Waals surface area contributed by atoms with Crippen molar-refractivity contribution in [3.63, 3.8) is 0 Å². The van der Waals surface area contributed by atoms with Gasteiger partial charge >= 0.3 is 0 Å². The normalized spacial score (nSPS) is 21.4. The molecule has 6 heteroatoms. The molecule has 1 aromatic carbocycles. The minimum absolute atomic E-state index is 0.101. The van der Waals surface area contributed by atoms with Crippen LogP contribution in [-0.2, 0) is 9.84 Å². The van der Waals surface area contributed by atoms with Crippen molar-refractivity contribution in [2.24, 2.45) is 5.92 Å². The van der Waals surface area contributed by atoms with Gasteiger partial charge in [-0.3, -0.25) is 9.88 Å². The van der Waals surface area contributed by atoms with Crippen LogP contribution in [0.25, 0.3) is 0 Å². The molecule has 2 aromatic rings. The molecule has 2 atom stereocenters. The molecule has 0 bridgehead atoms. The number of aromatic nitrogens is 1. The molecular weight excluding hydrogens is 336 g/mol. The average Bonchev–Trinajstić information content (AvgIpc) is 3.02. The molecule has 0 amide bonds. The minimum atomic E-state index is -3.34. The standard InChI is InChI=1S/C19H24N2O3S/c1-15-11-19(16-5-4-8-20-13-16)21(14-15)9-10-25(22,23)18-7-3-6-17(12-18)24-2/h3-8,12-13,15,19H,9-11,14H2,1-2H3/t15-,19+/m1/s1. The third-order valence-electron chi connectivity index (χ3n) is 4.73. The second kappa shape index (κ2) is 7.54. The van der Waals surface area contributed by atoms with Gasteiger partial charge < -0.3 is 4.74 Å². The quantitative estimate of drug-likeness (QED) is 0.793. The topological polar surface area (TPSA) is 59.5 Å². The maximum Gasteiger partial charge on any atom is 0.179 e. The Bertz CT molecular complexity index is 808. The Balaban J connectivity index is 1.72. The molecule has 1 aliphatic heterocycles. The molecule has 0 saturated carbocycles. The number of methoxy groups -OCH3 is 1. The molecule has 134 valence electrons. The maximum absolute atomic E-state index is 12.7. The van der Waals surface area contributed by atoms with E-state index < -0.39 is 9.84 Å². The highest BCUT2D eigenvalue weighted by Gasteiger charge is 2.31. The molecule has 0 spiro atoms. The van der Waals surface area contributed by atoms with Gasteiger partial charge in [0.2, 0.25) is 0 Å². The molecule has 0 radical (unpaired) electrons. The van der Waals surface area contributed by atoms with Gasteiger partial charge in [-0.1, -0.05) is 19.1 Å². The van der Waals surface area contributed by atoms with Crippen molar-refractivity contribution < 1.29 is 13.2 Å². The number of nitrogens with zero attached hydrogens (tertiary/aromatic N) is 2. The smallest absolute Gasteiger partial charge is 0.179 e. The summed E-state index contributed by atoms with van der Waals surface area (Å²) in [6, 6.07) is 10.9. The highest BCUT2D eigenvalue weighted by Crippen LogP contribution is 2.34. The van der Waals surface area contributed by atoms with Crippen molar-refractivity contribution in [1.82, 2.24) is 9.88 Å². The first-order valence-electron chi connectivity index (χ1n) is 8.50. The van der Waals surface area contributed by atoms with E-state index in [0.29, 0.717) is 23.1 Å².